The number of hydrogen-bond acceptors (Lipinski definition) is 6. The molecule has 0 unspecified atom stereocenters. The van der Waals surface area contributed by atoms with Crippen LogP contribution in [0.25, 0.3) is 11.0 Å². The Morgan fingerprint density at radius 1 is 1.30 bits per heavy atom. The van der Waals surface area contributed by atoms with E-state index in [4.69, 9.17) is 4.42 Å². The summed E-state index contributed by atoms with van der Waals surface area (Å²) in [7, 11) is 0. The van der Waals surface area contributed by atoms with Crippen LogP contribution in [0.15, 0.2) is 20.9 Å². The molecule has 1 aromatic carbocycles. The molecule has 0 aliphatic carbocycles. The molecule has 0 bridgehead atoms. The third-order valence-electron chi connectivity index (χ3n) is 3.47. The number of benzene rings is 1. The van der Waals surface area contributed by atoms with Crippen LogP contribution >= 0.6 is 23.1 Å². The van der Waals surface area contributed by atoms with Crippen LogP contribution in [0.1, 0.15) is 34.2 Å². The molecule has 1 N–H and O–H groups in total. The van der Waals surface area contributed by atoms with Gasteiger partial charge in [-0.2, -0.15) is 0 Å². The topological polar surface area (TPSA) is 68.0 Å². The highest BCUT2D eigenvalue weighted by Gasteiger charge is 2.20. The summed E-state index contributed by atoms with van der Waals surface area (Å²) in [6.07, 6.45) is 0. The molecule has 1 amide bonds. The number of anilines is 1. The molecular formula is C16H17N3O2S2. The number of carbonyl (C=O) groups is 1. The molecule has 0 atom stereocenters. The van der Waals surface area contributed by atoms with Gasteiger partial charge in [0.1, 0.15) is 5.58 Å². The van der Waals surface area contributed by atoms with Crippen LogP contribution in [0.2, 0.25) is 0 Å². The average Bonchev–Trinajstić information content (AvgIpc) is 3.05. The lowest BCUT2D eigenvalue weighted by molar-refractivity contribution is 0.0998. The predicted molar refractivity (Wildman–Crippen MR) is 94.7 cm³/mol. The molecule has 5 nitrogen and oxygen atoms in total. The Labute approximate surface area is 142 Å². The fraction of sp³-hybridized carbons (Fsp3) is 0.312. The number of fused-ring (bicyclic) bond motifs is 1. The van der Waals surface area contributed by atoms with Crippen LogP contribution in [0.4, 0.5) is 5.13 Å². The van der Waals surface area contributed by atoms with Crippen molar-refractivity contribution >= 4 is 45.1 Å². The van der Waals surface area contributed by atoms with Gasteiger partial charge in [0.2, 0.25) is 5.13 Å². The molecular weight excluding hydrogens is 330 g/mol. The van der Waals surface area contributed by atoms with Gasteiger partial charge in [0.15, 0.2) is 10.1 Å². The van der Waals surface area contributed by atoms with Crippen molar-refractivity contribution in [2.45, 2.75) is 32.0 Å². The van der Waals surface area contributed by atoms with E-state index >= 15 is 0 Å². The molecule has 0 spiro atoms. The summed E-state index contributed by atoms with van der Waals surface area (Å²) in [6, 6.07) is 4.09. The van der Waals surface area contributed by atoms with Crippen molar-refractivity contribution in [3.05, 3.63) is 34.6 Å². The fourth-order valence-electron chi connectivity index (χ4n) is 2.48. The largest absolute Gasteiger partial charge is 0.450 e. The van der Waals surface area contributed by atoms with E-state index in [1.54, 1.807) is 11.8 Å². The van der Waals surface area contributed by atoms with Crippen LogP contribution in [-0.4, -0.2) is 21.9 Å². The second-order valence-electron chi connectivity index (χ2n) is 5.27. The van der Waals surface area contributed by atoms with Gasteiger partial charge in [-0.3, -0.25) is 10.1 Å². The van der Waals surface area contributed by atoms with E-state index in [1.807, 2.05) is 39.8 Å². The molecule has 0 aliphatic rings. The Kier molecular flexibility index (Phi) is 4.41. The SMILES string of the molecule is CCSc1nnc(NC(=O)c2oc3c(C)cc(C)cc3c2C)s1. The van der Waals surface area contributed by atoms with E-state index in [9.17, 15) is 4.79 Å². The van der Waals surface area contributed by atoms with Crippen molar-refractivity contribution in [2.24, 2.45) is 0 Å². The zero-order valence-corrected chi connectivity index (χ0v) is 15.0. The monoisotopic (exact) mass is 347 g/mol. The molecule has 7 heteroatoms. The highest BCUT2D eigenvalue weighted by molar-refractivity contribution is 8.01. The Bertz CT molecular complexity index is 883. The minimum atomic E-state index is -0.292. The highest BCUT2D eigenvalue weighted by Crippen LogP contribution is 2.30. The fourth-order valence-corrected chi connectivity index (χ4v) is 4.13. The highest BCUT2D eigenvalue weighted by atomic mass is 32.2. The second-order valence-corrected chi connectivity index (χ2v) is 7.76. The molecule has 0 saturated carbocycles. The van der Waals surface area contributed by atoms with Crippen LogP contribution in [-0.2, 0) is 0 Å². The van der Waals surface area contributed by atoms with Crippen LogP contribution in [0, 0.1) is 20.8 Å². The predicted octanol–water partition coefficient (Wildman–Crippen LogP) is 4.57. The number of amides is 1. The smallest absolute Gasteiger partial charge is 0.293 e. The summed E-state index contributed by atoms with van der Waals surface area (Å²) in [6.45, 7) is 7.97. The number of nitrogens with zero attached hydrogens (tertiary/aromatic N) is 2. The van der Waals surface area contributed by atoms with E-state index in [2.05, 4.69) is 15.5 Å². The number of aryl methyl sites for hydroxylation is 3. The van der Waals surface area contributed by atoms with E-state index in [-0.39, 0.29) is 5.91 Å². The molecule has 0 fully saturated rings. The number of rotatable bonds is 4. The van der Waals surface area contributed by atoms with Crippen LogP contribution in [0.3, 0.4) is 0 Å². The van der Waals surface area contributed by atoms with Crippen molar-refractivity contribution in [2.75, 3.05) is 11.1 Å². The van der Waals surface area contributed by atoms with Crippen molar-refractivity contribution in [3.63, 3.8) is 0 Å². The number of carbonyl (C=O) groups excluding carboxylic acids is 1. The Morgan fingerprint density at radius 2 is 2.09 bits per heavy atom. The lowest BCUT2D eigenvalue weighted by Gasteiger charge is -1.98. The standard InChI is InChI=1S/C16H17N3O2S2/c1-5-22-16-19-18-15(23-16)17-14(20)13-10(4)11-7-8(2)6-9(3)12(11)21-13/h6-7H,5H2,1-4H3,(H,17,18,20). The zero-order chi connectivity index (χ0) is 16.6. The number of hydrogen-bond donors (Lipinski definition) is 1. The molecule has 120 valence electrons. The maximum atomic E-state index is 12.5. The first kappa shape index (κ1) is 16.0. The summed E-state index contributed by atoms with van der Waals surface area (Å²) >= 11 is 2.97. The van der Waals surface area contributed by atoms with Gasteiger partial charge in [-0.15, -0.1) is 10.2 Å². The number of thioether (sulfide) groups is 1. The molecule has 23 heavy (non-hydrogen) atoms. The first-order valence-electron chi connectivity index (χ1n) is 7.27. The van der Waals surface area contributed by atoms with Gasteiger partial charge in [0, 0.05) is 10.9 Å². The zero-order valence-electron chi connectivity index (χ0n) is 13.4. The van der Waals surface area contributed by atoms with E-state index < -0.39 is 0 Å². The van der Waals surface area contributed by atoms with Gasteiger partial charge in [0.25, 0.3) is 5.91 Å². The van der Waals surface area contributed by atoms with Crippen molar-refractivity contribution in [1.29, 1.82) is 0 Å². The van der Waals surface area contributed by atoms with E-state index in [0.717, 1.165) is 37.8 Å². The van der Waals surface area contributed by atoms with Gasteiger partial charge in [0.05, 0.1) is 0 Å². The lowest BCUT2D eigenvalue weighted by Crippen LogP contribution is -2.11. The van der Waals surface area contributed by atoms with Gasteiger partial charge in [-0.25, -0.2) is 0 Å². The number of furan rings is 1. The van der Waals surface area contributed by atoms with Gasteiger partial charge < -0.3 is 4.42 Å². The van der Waals surface area contributed by atoms with Crippen molar-refractivity contribution in [1.82, 2.24) is 10.2 Å². The first-order valence-corrected chi connectivity index (χ1v) is 9.07. The van der Waals surface area contributed by atoms with E-state index in [0.29, 0.717) is 10.9 Å². The summed E-state index contributed by atoms with van der Waals surface area (Å²) in [5.74, 6) is 0.956. The molecule has 0 saturated heterocycles. The van der Waals surface area contributed by atoms with Crippen molar-refractivity contribution in [3.8, 4) is 0 Å². The quantitative estimate of drug-likeness (QED) is 0.553. The molecule has 3 aromatic rings. The van der Waals surface area contributed by atoms with Crippen LogP contribution < -0.4 is 5.32 Å². The third-order valence-corrected chi connectivity index (χ3v) is 5.32. The average molecular weight is 347 g/mol. The van der Waals surface area contributed by atoms with Gasteiger partial charge in [-0.05, 0) is 43.7 Å². The van der Waals surface area contributed by atoms with E-state index in [1.165, 1.54) is 11.3 Å². The molecule has 3 rings (SSSR count). The van der Waals surface area contributed by atoms with Crippen LogP contribution in [0.5, 0.6) is 0 Å². The summed E-state index contributed by atoms with van der Waals surface area (Å²) in [5.41, 5.74) is 3.78. The second kappa shape index (κ2) is 6.33. The van der Waals surface area contributed by atoms with Gasteiger partial charge in [-0.1, -0.05) is 36.1 Å². The number of aromatic nitrogens is 2. The van der Waals surface area contributed by atoms with Gasteiger partial charge >= 0.3 is 0 Å². The summed E-state index contributed by atoms with van der Waals surface area (Å²) in [4.78, 5) is 12.5. The molecule has 0 aliphatic heterocycles. The molecule has 0 radical (unpaired) electrons. The molecule has 2 aromatic heterocycles. The Morgan fingerprint density at radius 3 is 2.83 bits per heavy atom. The maximum absolute atomic E-state index is 12.5. The normalized spacial score (nSPS) is 11.1. The minimum Gasteiger partial charge on any atom is -0.450 e. The third kappa shape index (κ3) is 3.11. The summed E-state index contributed by atoms with van der Waals surface area (Å²) in [5, 5.41) is 12.3. The van der Waals surface area contributed by atoms with Crippen molar-refractivity contribution < 1.29 is 9.21 Å². The lowest BCUT2D eigenvalue weighted by atomic mass is 10.1. The first-order chi connectivity index (χ1) is 11.0. The Hall–Kier alpha value is -1.86. The minimum absolute atomic E-state index is 0.292. The maximum Gasteiger partial charge on any atom is 0.293 e. The molecule has 2 heterocycles. The Balaban J connectivity index is 1.91. The number of nitrogens with one attached hydrogen (secondary N) is 1. The summed E-state index contributed by atoms with van der Waals surface area (Å²) < 4.78 is 6.66.